The Bertz CT molecular complexity index is 436. The van der Waals surface area contributed by atoms with Gasteiger partial charge in [-0.2, -0.15) is 5.10 Å². The lowest BCUT2D eigenvalue weighted by molar-refractivity contribution is 0.149. The lowest BCUT2D eigenvalue weighted by Crippen LogP contribution is -2.42. The van der Waals surface area contributed by atoms with Crippen LogP contribution < -0.4 is 0 Å². The maximum absolute atomic E-state index is 9.05. The zero-order chi connectivity index (χ0) is 12.3. The molecular weight excluding hydrogens is 220 g/mol. The fraction of sp³-hybridized carbons (Fsp3) is 0.700. The van der Waals surface area contributed by atoms with Gasteiger partial charge in [0.05, 0.1) is 24.5 Å². The van der Waals surface area contributed by atoms with Crippen LogP contribution in [0.2, 0.25) is 0 Å². The van der Waals surface area contributed by atoms with Gasteiger partial charge in [0.1, 0.15) is 0 Å². The van der Waals surface area contributed by atoms with E-state index in [2.05, 4.69) is 26.9 Å². The first-order chi connectivity index (χ1) is 8.24. The summed E-state index contributed by atoms with van der Waals surface area (Å²) >= 11 is 0. The number of aromatic nitrogens is 2. The first-order valence-electron chi connectivity index (χ1n) is 5.66. The largest absolute Gasteiger partial charge is 0.390 e. The molecule has 1 aliphatic heterocycles. The summed E-state index contributed by atoms with van der Waals surface area (Å²) in [6.45, 7) is 4.94. The molecule has 1 aromatic rings. The standard InChI is InChI=1S/C10H16N6O/c1-8-5-16-10(4-9(7-17)13-16)6-15(8)3-2-12-14-11/h4,8,17H,2-3,5-7H2,1H3/t8-/m0/s1. The molecule has 0 fully saturated rings. The summed E-state index contributed by atoms with van der Waals surface area (Å²) in [4.78, 5) is 5.01. The minimum absolute atomic E-state index is 0.0207. The Morgan fingerprint density at radius 3 is 3.24 bits per heavy atom. The maximum Gasteiger partial charge on any atom is 0.0882 e. The normalized spacial score (nSPS) is 19.8. The molecule has 0 aromatic carbocycles. The van der Waals surface area contributed by atoms with Gasteiger partial charge < -0.3 is 5.11 Å². The second kappa shape index (κ2) is 5.18. The Kier molecular flexibility index (Phi) is 3.63. The summed E-state index contributed by atoms with van der Waals surface area (Å²) in [6.07, 6.45) is 0. The monoisotopic (exact) mass is 236 g/mol. The lowest BCUT2D eigenvalue weighted by Gasteiger charge is -2.33. The summed E-state index contributed by atoms with van der Waals surface area (Å²) in [6, 6.07) is 2.29. The number of hydrogen-bond donors (Lipinski definition) is 1. The molecule has 7 heteroatoms. The topological polar surface area (TPSA) is 90.0 Å². The van der Waals surface area contributed by atoms with Crippen LogP contribution in [0.4, 0.5) is 0 Å². The average molecular weight is 236 g/mol. The van der Waals surface area contributed by atoms with Crippen molar-refractivity contribution in [3.05, 3.63) is 27.9 Å². The molecule has 0 aliphatic carbocycles. The Labute approximate surface area is 99.3 Å². The molecule has 1 atom stereocenters. The fourth-order valence-corrected chi connectivity index (χ4v) is 2.12. The molecule has 0 radical (unpaired) electrons. The maximum atomic E-state index is 9.05. The van der Waals surface area contributed by atoms with Gasteiger partial charge in [-0.05, 0) is 18.5 Å². The highest BCUT2D eigenvalue weighted by atomic mass is 16.3. The molecule has 2 rings (SSSR count). The molecule has 7 nitrogen and oxygen atoms in total. The van der Waals surface area contributed by atoms with Crippen LogP contribution in [0.15, 0.2) is 11.2 Å². The second-order valence-corrected chi connectivity index (χ2v) is 4.24. The minimum atomic E-state index is -0.0207. The Balaban J connectivity index is 2.06. The first-order valence-corrected chi connectivity index (χ1v) is 5.66. The van der Waals surface area contributed by atoms with Crippen molar-refractivity contribution in [1.29, 1.82) is 0 Å². The Morgan fingerprint density at radius 2 is 2.53 bits per heavy atom. The predicted octanol–water partition coefficient (Wildman–Crippen LogP) is 0.890. The van der Waals surface area contributed by atoms with E-state index in [1.54, 1.807) is 0 Å². The van der Waals surface area contributed by atoms with E-state index in [4.69, 9.17) is 10.6 Å². The summed E-state index contributed by atoms with van der Waals surface area (Å²) in [5.74, 6) is 0. The second-order valence-electron chi connectivity index (χ2n) is 4.24. The van der Waals surface area contributed by atoms with Gasteiger partial charge in [-0.1, -0.05) is 5.11 Å². The molecule has 17 heavy (non-hydrogen) atoms. The van der Waals surface area contributed by atoms with Crippen LogP contribution in [-0.4, -0.2) is 38.9 Å². The predicted molar refractivity (Wildman–Crippen MR) is 62.0 cm³/mol. The minimum Gasteiger partial charge on any atom is -0.390 e. The van der Waals surface area contributed by atoms with Crippen molar-refractivity contribution < 1.29 is 5.11 Å². The van der Waals surface area contributed by atoms with Gasteiger partial charge in [0.2, 0.25) is 0 Å². The van der Waals surface area contributed by atoms with E-state index in [1.807, 2.05) is 10.7 Å². The van der Waals surface area contributed by atoms with Crippen molar-refractivity contribution in [2.24, 2.45) is 5.11 Å². The molecule has 1 aromatic heterocycles. The molecule has 0 saturated carbocycles. The third-order valence-electron chi connectivity index (χ3n) is 3.05. The number of azide groups is 1. The number of fused-ring (bicyclic) bond motifs is 1. The van der Waals surface area contributed by atoms with Gasteiger partial charge in [-0.15, -0.1) is 0 Å². The summed E-state index contributed by atoms with van der Waals surface area (Å²) in [5.41, 5.74) is 10.1. The third-order valence-corrected chi connectivity index (χ3v) is 3.05. The van der Waals surface area contributed by atoms with E-state index in [1.165, 1.54) is 0 Å². The van der Waals surface area contributed by atoms with Crippen LogP contribution in [-0.2, 0) is 19.7 Å². The molecule has 0 spiro atoms. The third kappa shape index (κ3) is 2.58. The molecule has 0 saturated heterocycles. The highest BCUT2D eigenvalue weighted by Crippen LogP contribution is 2.17. The van der Waals surface area contributed by atoms with Crippen LogP contribution >= 0.6 is 0 Å². The SMILES string of the molecule is C[C@H]1Cn2nc(CO)cc2CN1CCN=[N+]=[N-]. The van der Waals surface area contributed by atoms with Crippen molar-refractivity contribution in [3.8, 4) is 0 Å². The van der Waals surface area contributed by atoms with E-state index in [0.717, 1.165) is 25.3 Å². The first kappa shape index (κ1) is 11.9. The van der Waals surface area contributed by atoms with Crippen molar-refractivity contribution in [2.75, 3.05) is 13.1 Å². The highest BCUT2D eigenvalue weighted by Gasteiger charge is 2.23. The van der Waals surface area contributed by atoms with Gasteiger partial charge in [0.15, 0.2) is 0 Å². The summed E-state index contributed by atoms with van der Waals surface area (Å²) in [7, 11) is 0. The zero-order valence-corrected chi connectivity index (χ0v) is 9.82. The van der Waals surface area contributed by atoms with Crippen LogP contribution in [0.5, 0.6) is 0 Å². The Hall–Kier alpha value is -1.56. The molecule has 1 aliphatic rings. The number of hydrogen-bond acceptors (Lipinski definition) is 4. The molecule has 2 heterocycles. The highest BCUT2D eigenvalue weighted by molar-refractivity contribution is 5.11. The molecule has 92 valence electrons. The van der Waals surface area contributed by atoms with Crippen LogP contribution in [0, 0.1) is 0 Å². The van der Waals surface area contributed by atoms with Crippen LogP contribution in [0.25, 0.3) is 10.4 Å². The molecule has 0 unspecified atom stereocenters. The van der Waals surface area contributed by atoms with Gasteiger partial charge >= 0.3 is 0 Å². The lowest BCUT2D eigenvalue weighted by atomic mass is 10.2. The number of aliphatic hydroxyl groups excluding tert-OH is 1. The Morgan fingerprint density at radius 1 is 1.71 bits per heavy atom. The average Bonchev–Trinajstić information content (AvgIpc) is 2.71. The van der Waals surface area contributed by atoms with Crippen molar-refractivity contribution in [1.82, 2.24) is 14.7 Å². The van der Waals surface area contributed by atoms with Gasteiger partial charge in [0, 0.05) is 30.6 Å². The van der Waals surface area contributed by atoms with Gasteiger partial charge in [0.25, 0.3) is 0 Å². The number of aliphatic hydroxyl groups is 1. The van der Waals surface area contributed by atoms with Crippen LogP contribution in [0.1, 0.15) is 18.3 Å². The van der Waals surface area contributed by atoms with E-state index in [0.29, 0.717) is 18.3 Å². The summed E-state index contributed by atoms with van der Waals surface area (Å²) < 4.78 is 1.94. The fourth-order valence-electron chi connectivity index (χ4n) is 2.12. The molecule has 0 amide bonds. The van der Waals surface area contributed by atoms with Crippen LogP contribution in [0.3, 0.4) is 0 Å². The van der Waals surface area contributed by atoms with E-state index in [-0.39, 0.29) is 6.61 Å². The smallest absolute Gasteiger partial charge is 0.0882 e. The van der Waals surface area contributed by atoms with E-state index >= 15 is 0 Å². The molecular formula is C10H16N6O. The van der Waals surface area contributed by atoms with Crippen molar-refractivity contribution in [2.45, 2.75) is 32.7 Å². The quantitative estimate of drug-likeness (QED) is 0.478. The van der Waals surface area contributed by atoms with Crippen molar-refractivity contribution >= 4 is 0 Å². The molecule has 0 bridgehead atoms. The van der Waals surface area contributed by atoms with E-state index < -0.39 is 0 Å². The van der Waals surface area contributed by atoms with Gasteiger partial charge in [-0.25, -0.2) is 0 Å². The number of rotatable bonds is 4. The summed E-state index contributed by atoms with van der Waals surface area (Å²) in [5, 5.41) is 16.9. The molecule has 1 N–H and O–H groups in total. The van der Waals surface area contributed by atoms with E-state index in [9.17, 15) is 0 Å². The van der Waals surface area contributed by atoms with Gasteiger partial charge in [-0.3, -0.25) is 9.58 Å². The van der Waals surface area contributed by atoms with Crippen molar-refractivity contribution in [3.63, 3.8) is 0 Å². The number of nitrogens with zero attached hydrogens (tertiary/aromatic N) is 6. The zero-order valence-electron chi connectivity index (χ0n) is 9.82.